The van der Waals surface area contributed by atoms with Gasteiger partial charge in [-0.05, 0) is 38.8 Å². The maximum absolute atomic E-state index is 13.0. The number of nitrogens with zero attached hydrogens (tertiary/aromatic N) is 2. The Balaban J connectivity index is 1.82. The van der Waals surface area contributed by atoms with Gasteiger partial charge in [0.25, 0.3) is 5.91 Å². The van der Waals surface area contributed by atoms with E-state index in [2.05, 4.69) is 15.7 Å². The molecule has 1 unspecified atom stereocenters. The van der Waals surface area contributed by atoms with Crippen molar-refractivity contribution >= 4 is 29.0 Å². The fourth-order valence-corrected chi connectivity index (χ4v) is 3.97. The first-order valence-corrected chi connectivity index (χ1v) is 10.00. The molecule has 28 heavy (non-hydrogen) atoms. The number of ketones is 1. The van der Waals surface area contributed by atoms with E-state index in [4.69, 9.17) is 0 Å². The van der Waals surface area contributed by atoms with Crippen LogP contribution in [0, 0.1) is 0 Å². The molecule has 1 aromatic rings. The molecule has 2 amide bonds. The molecule has 1 aliphatic carbocycles. The summed E-state index contributed by atoms with van der Waals surface area (Å²) in [5.41, 5.74) is 0.166. The van der Waals surface area contributed by atoms with Crippen molar-refractivity contribution in [2.24, 2.45) is 5.10 Å². The van der Waals surface area contributed by atoms with Crippen LogP contribution in [0.2, 0.25) is 0 Å². The molecule has 1 aliphatic heterocycles. The van der Waals surface area contributed by atoms with Gasteiger partial charge < -0.3 is 10.6 Å². The number of benzene rings is 1. The lowest BCUT2D eigenvalue weighted by molar-refractivity contribution is -0.132. The third-order valence-corrected chi connectivity index (χ3v) is 5.49. The number of amides is 2. The van der Waals surface area contributed by atoms with Crippen LogP contribution in [0.15, 0.2) is 35.4 Å². The van der Waals surface area contributed by atoms with E-state index in [0.29, 0.717) is 25.1 Å². The van der Waals surface area contributed by atoms with Gasteiger partial charge >= 0.3 is 0 Å². The number of para-hydroxylation sites is 1. The molecule has 1 heterocycles. The van der Waals surface area contributed by atoms with Crippen molar-refractivity contribution in [3.05, 3.63) is 30.3 Å². The maximum atomic E-state index is 13.0. The van der Waals surface area contributed by atoms with Gasteiger partial charge in [-0.1, -0.05) is 37.5 Å². The summed E-state index contributed by atoms with van der Waals surface area (Å²) in [6.45, 7) is 3.90. The highest BCUT2D eigenvalue weighted by Gasteiger charge is 2.43. The van der Waals surface area contributed by atoms with E-state index in [1.807, 2.05) is 37.3 Å². The minimum Gasteiger partial charge on any atom is -0.354 e. The van der Waals surface area contributed by atoms with Crippen molar-refractivity contribution in [2.75, 3.05) is 11.6 Å². The summed E-state index contributed by atoms with van der Waals surface area (Å²) in [6, 6.07) is 8.84. The van der Waals surface area contributed by atoms with Crippen LogP contribution < -0.4 is 15.6 Å². The average Bonchev–Trinajstić information content (AvgIpc) is 3.15. The number of likely N-dealkylation sites (N-methyl/N-ethyl adjacent to an activating group) is 1. The normalized spacial score (nSPS) is 21.0. The molecule has 2 N–H and O–H groups in total. The number of Topliss-reactive ketones (excluding diaryl/α,β-unsaturated/α-hetero) is 1. The van der Waals surface area contributed by atoms with E-state index in [1.165, 1.54) is 6.92 Å². The van der Waals surface area contributed by atoms with Crippen LogP contribution in [0.3, 0.4) is 0 Å². The summed E-state index contributed by atoms with van der Waals surface area (Å²) in [6.07, 6.45) is 4.34. The number of rotatable bonds is 6. The van der Waals surface area contributed by atoms with Gasteiger partial charge in [0.05, 0.1) is 5.69 Å². The first kappa shape index (κ1) is 20.0. The first-order chi connectivity index (χ1) is 13.5. The smallest absolute Gasteiger partial charge is 0.268 e. The van der Waals surface area contributed by atoms with Crippen molar-refractivity contribution in [1.82, 2.24) is 10.6 Å². The second kappa shape index (κ2) is 8.54. The average molecular weight is 384 g/mol. The Morgan fingerprint density at radius 2 is 1.82 bits per heavy atom. The third-order valence-electron chi connectivity index (χ3n) is 5.49. The molecule has 1 saturated carbocycles. The molecule has 7 heteroatoms. The van der Waals surface area contributed by atoms with Crippen LogP contribution in [-0.4, -0.2) is 41.4 Å². The van der Waals surface area contributed by atoms with Crippen molar-refractivity contribution in [3.63, 3.8) is 0 Å². The second-order valence-electron chi connectivity index (χ2n) is 7.51. The summed E-state index contributed by atoms with van der Waals surface area (Å²) in [5.74, 6) is -0.547. The molecule has 150 valence electrons. The van der Waals surface area contributed by atoms with Gasteiger partial charge in [0, 0.05) is 13.0 Å². The molecule has 1 fully saturated rings. The molecule has 1 aromatic carbocycles. The van der Waals surface area contributed by atoms with Crippen LogP contribution in [0.25, 0.3) is 0 Å². The first-order valence-electron chi connectivity index (χ1n) is 10.00. The van der Waals surface area contributed by atoms with E-state index in [0.717, 1.165) is 24.9 Å². The van der Waals surface area contributed by atoms with Gasteiger partial charge in [-0.2, -0.15) is 5.10 Å². The number of hydrazone groups is 1. The van der Waals surface area contributed by atoms with Crippen molar-refractivity contribution in [1.29, 1.82) is 0 Å². The highest BCUT2D eigenvalue weighted by atomic mass is 16.2. The van der Waals surface area contributed by atoms with Gasteiger partial charge in [-0.3, -0.25) is 19.4 Å². The summed E-state index contributed by atoms with van der Waals surface area (Å²) in [4.78, 5) is 37.8. The fourth-order valence-electron chi connectivity index (χ4n) is 3.97. The van der Waals surface area contributed by atoms with Gasteiger partial charge in [-0.15, -0.1) is 0 Å². The van der Waals surface area contributed by atoms with Crippen LogP contribution in [0.5, 0.6) is 0 Å². The van der Waals surface area contributed by atoms with E-state index >= 15 is 0 Å². The van der Waals surface area contributed by atoms with Gasteiger partial charge in [0.1, 0.15) is 17.3 Å². The minimum absolute atomic E-state index is 0.0495. The monoisotopic (exact) mass is 384 g/mol. The third kappa shape index (κ3) is 4.08. The molecule has 1 atom stereocenters. The Labute approximate surface area is 165 Å². The molecular weight excluding hydrogens is 356 g/mol. The minimum atomic E-state index is -0.889. The number of carbonyl (C=O) groups excluding carboxylic acids is 3. The van der Waals surface area contributed by atoms with E-state index in [1.54, 1.807) is 5.01 Å². The molecule has 0 aromatic heterocycles. The standard InChI is InChI=1S/C21H28N4O3/c1-3-22-20(28)21(12-8-5-9-13-21)23-19(27)17-14-18(15(2)26)25(24-17)16-10-6-4-7-11-16/h4,6-7,10-11,18H,3,5,8-9,12-14H2,1-2H3,(H,22,28)(H,23,27). The van der Waals surface area contributed by atoms with Crippen LogP contribution in [0.1, 0.15) is 52.4 Å². The number of anilines is 1. The Morgan fingerprint density at radius 3 is 2.43 bits per heavy atom. The molecule has 0 bridgehead atoms. The highest BCUT2D eigenvalue weighted by molar-refractivity contribution is 6.40. The summed E-state index contributed by atoms with van der Waals surface area (Å²) >= 11 is 0. The lowest BCUT2D eigenvalue weighted by Crippen LogP contribution is -2.60. The summed E-state index contributed by atoms with van der Waals surface area (Å²) in [5, 5.41) is 11.9. The fraction of sp³-hybridized carbons (Fsp3) is 0.524. The molecular formula is C21H28N4O3. The van der Waals surface area contributed by atoms with Gasteiger partial charge in [0.15, 0.2) is 5.78 Å². The SMILES string of the molecule is CCNC(=O)C1(NC(=O)C2=NN(c3ccccc3)C(C(C)=O)C2)CCCCC1. The van der Waals surface area contributed by atoms with Crippen molar-refractivity contribution in [3.8, 4) is 0 Å². The van der Waals surface area contributed by atoms with E-state index in [9.17, 15) is 14.4 Å². The molecule has 2 aliphatic rings. The number of nitrogens with one attached hydrogen (secondary N) is 2. The van der Waals surface area contributed by atoms with Crippen molar-refractivity contribution < 1.29 is 14.4 Å². The topological polar surface area (TPSA) is 90.9 Å². The zero-order valence-electron chi connectivity index (χ0n) is 16.5. The Morgan fingerprint density at radius 1 is 1.14 bits per heavy atom. The highest BCUT2D eigenvalue weighted by Crippen LogP contribution is 2.30. The summed E-state index contributed by atoms with van der Waals surface area (Å²) < 4.78 is 0. The Bertz CT molecular complexity index is 769. The van der Waals surface area contributed by atoms with Crippen LogP contribution >= 0.6 is 0 Å². The molecule has 0 spiro atoms. The Kier molecular flexibility index (Phi) is 6.11. The molecule has 7 nitrogen and oxygen atoms in total. The van der Waals surface area contributed by atoms with Gasteiger partial charge in [-0.25, -0.2) is 0 Å². The Hall–Kier alpha value is -2.70. The van der Waals surface area contributed by atoms with E-state index in [-0.39, 0.29) is 24.0 Å². The lowest BCUT2D eigenvalue weighted by atomic mass is 9.80. The predicted octanol–water partition coefficient (Wildman–Crippen LogP) is 2.17. The second-order valence-corrected chi connectivity index (χ2v) is 7.51. The van der Waals surface area contributed by atoms with Gasteiger partial charge in [0.2, 0.25) is 5.91 Å². The zero-order valence-corrected chi connectivity index (χ0v) is 16.5. The number of carbonyl (C=O) groups is 3. The molecule has 0 radical (unpaired) electrons. The molecule has 3 rings (SSSR count). The van der Waals surface area contributed by atoms with Crippen molar-refractivity contribution in [2.45, 2.75) is 64.0 Å². The quantitative estimate of drug-likeness (QED) is 0.786. The zero-order chi connectivity index (χ0) is 20.1. The molecule has 0 saturated heterocycles. The van der Waals surface area contributed by atoms with Crippen LogP contribution in [0.4, 0.5) is 5.69 Å². The summed E-state index contributed by atoms with van der Waals surface area (Å²) in [7, 11) is 0. The number of hydrogen-bond acceptors (Lipinski definition) is 5. The predicted molar refractivity (Wildman–Crippen MR) is 108 cm³/mol. The van der Waals surface area contributed by atoms with Crippen LogP contribution in [-0.2, 0) is 14.4 Å². The van der Waals surface area contributed by atoms with E-state index < -0.39 is 11.6 Å². The number of hydrogen-bond donors (Lipinski definition) is 2. The maximum Gasteiger partial charge on any atom is 0.268 e. The lowest BCUT2D eigenvalue weighted by Gasteiger charge is -2.36. The largest absolute Gasteiger partial charge is 0.354 e.